The van der Waals surface area contributed by atoms with Crippen molar-refractivity contribution in [2.45, 2.75) is 77.0 Å². The van der Waals surface area contributed by atoms with Gasteiger partial charge < -0.3 is 19.7 Å². The minimum absolute atomic E-state index is 0.155. The van der Waals surface area contributed by atoms with Crippen molar-refractivity contribution in [1.29, 1.82) is 0 Å². The van der Waals surface area contributed by atoms with Crippen LogP contribution in [0.25, 0.3) is 0 Å². The molecule has 2 aliphatic rings. The molecule has 0 aromatic rings. The van der Waals surface area contributed by atoms with Gasteiger partial charge >= 0.3 is 6.09 Å². The lowest BCUT2D eigenvalue weighted by Gasteiger charge is -2.27. The molecule has 5 nitrogen and oxygen atoms in total. The van der Waals surface area contributed by atoms with Gasteiger partial charge in [0.15, 0.2) is 0 Å². The largest absolute Gasteiger partial charge is 0.444 e. The Morgan fingerprint density at radius 1 is 1.23 bits per heavy atom. The monoisotopic (exact) mass is 312 g/mol. The maximum atomic E-state index is 12.2. The van der Waals surface area contributed by atoms with E-state index in [0.717, 1.165) is 58.4 Å². The zero-order chi connectivity index (χ0) is 16.0. The molecule has 2 fully saturated rings. The van der Waals surface area contributed by atoms with Crippen molar-refractivity contribution in [1.82, 2.24) is 10.2 Å². The second-order valence-electron chi connectivity index (χ2n) is 7.45. The number of nitrogens with one attached hydrogen (secondary N) is 1. The Kier molecular flexibility index (Phi) is 6.50. The number of carbonyl (C=O) groups excluding carboxylic acids is 1. The molecule has 0 aromatic heterocycles. The number of hydrogen-bond donors (Lipinski definition) is 1. The van der Waals surface area contributed by atoms with Gasteiger partial charge in [-0.25, -0.2) is 4.79 Å². The van der Waals surface area contributed by atoms with Crippen molar-refractivity contribution in [3.63, 3.8) is 0 Å². The molecule has 22 heavy (non-hydrogen) atoms. The first-order valence-corrected chi connectivity index (χ1v) is 8.76. The number of rotatable bonds is 6. The molecule has 1 saturated heterocycles. The fourth-order valence-corrected chi connectivity index (χ4v) is 2.79. The molecule has 1 heterocycles. The smallest absolute Gasteiger partial charge is 0.410 e. The van der Waals surface area contributed by atoms with E-state index in [1.54, 1.807) is 0 Å². The molecule has 1 aliphatic heterocycles. The standard InChI is InChI=1S/C17H32N2O3/c1-17(2,3)22-16(20)19(15-7-8-15)11-5-10-18-14-6-4-12-21-13-9-14/h14-15,18H,4-13H2,1-3H3. The Hall–Kier alpha value is -0.810. The van der Waals surface area contributed by atoms with E-state index in [9.17, 15) is 4.79 Å². The van der Waals surface area contributed by atoms with Crippen LogP contribution in [0, 0.1) is 0 Å². The number of nitrogens with zero attached hydrogens (tertiary/aromatic N) is 1. The van der Waals surface area contributed by atoms with Crippen molar-refractivity contribution in [2.75, 3.05) is 26.3 Å². The van der Waals surface area contributed by atoms with Gasteiger partial charge in [0.05, 0.1) is 0 Å². The van der Waals surface area contributed by atoms with Crippen LogP contribution in [0.4, 0.5) is 4.79 Å². The van der Waals surface area contributed by atoms with Gasteiger partial charge in [0.25, 0.3) is 0 Å². The third-order valence-corrected chi connectivity index (χ3v) is 4.08. The van der Waals surface area contributed by atoms with Crippen LogP contribution >= 0.6 is 0 Å². The Morgan fingerprint density at radius 3 is 2.68 bits per heavy atom. The third-order valence-electron chi connectivity index (χ3n) is 4.08. The highest BCUT2D eigenvalue weighted by molar-refractivity contribution is 5.69. The zero-order valence-corrected chi connectivity index (χ0v) is 14.4. The molecule has 0 bridgehead atoms. The van der Waals surface area contributed by atoms with Crippen molar-refractivity contribution in [3.8, 4) is 0 Å². The highest BCUT2D eigenvalue weighted by Gasteiger charge is 2.34. The molecule has 0 spiro atoms. The van der Waals surface area contributed by atoms with Crippen LogP contribution in [0.15, 0.2) is 0 Å². The molecule has 0 aromatic carbocycles. The van der Waals surface area contributed by atoms with Crippen LogP contribution in [0.2, 0.25) is 0 Å². The van der Waals surface area contributed by atoms with E-state index < -0.39 is 5.60 Å². The Balaban J connectivity index is 1.67. The summed E-state index contributed by atoms with van der Waals surface area (Å²) in [7, 11) is 0. The highest BCUT2D eigenvalue weighted by atomic mass is 16.6. The first kappa shape index (κ1) is 17.5. The maximum Gasteiger partial charge on any atom is 0.410 e. The summed E-state index contributed by atoms with van der Waals surface area (Å²) in [4.78, 5) is 14.2. The van der Waals surface area contributed by atoms with Gasteiger partial charge in [-0.3, -0.25) is 0 Å². The predicted molar refractivity (Wildman–Crippen MR) is 87.0 cm³/mol. The molecular weight excluding hydrogens is 280 g/mol. The fraction of sp³-hybridized carbons (Fsp3) is 0.941. The SMILES string of the molecule is CC(C)(C)OC(=O)N(CCCNC1CCCOCC1)C1CC1. The van der Waals surface area contributed by atoms with Gasteiger partial charge in [0.1, 0.15) is 5.60 Å². The number of ether oxygens (including phenoxy) is 2. The summed E-state index contributed by atoms with van der Waals surface area (Å²) in [6.07, 6.45) is 6.49. The average molecular weight is 312 g/mol. The molecule has 1 amide bonds. The molecule has 2 rings (SSSR count). The minimum atomic E-state index is -0.414. The molecule has 0 radical (unpaired) electrons. The van der Waals surface area contributed by atoms with Crippen molar-refractivity contribution in [2.24, 2.45) is 0 Å². The van der Waals surface area contributed by atoms with E-state index in [4.69, 9.17) is 9.47 Å². The lowest BCUT2D eigenvalue weighted by atomic mass is 10.1. The predicted octanol–water partition coefficient (Wildman–Crippen LogP) is 2.93. The summed E-state index contributed by atoms with van der Waals surface area (Å²) < 4.78 is 11.0. The molecule has 1 N–H and O–H groups in total. The number of amides is 1. The summed E-state index contributed by atoms with van der Waals surface area (Å²) in [5.41, 5.74) is -0.414. The summed E-state index contributed by atoms with van der Waals surface area (Å²) in [6.45, 7) is 9.27. The van der Waals surface area contributed by atoms with Crippen LogP contribution < -0.4 is 5.32 Å². The normalized spacial score (nSPS) is 23.0. The third kappa shape index (κ3) is 6.53. The summed E-state index contributed by atoms with van der Waals surface area (Å²) in [5, 5.41) is 3.60. The van der Waals surface area contributed by atoms with Crippen molar-refractivity contribution < 1.29 is 14.3 Å². The van der Waals surface area contributed by atoms with Crippen molar-refractivity contribution >= 4 is 6.09 Å². The minimum Gasteiger partial charge on any atom is -0.444 e. The summed E-state index contributed by atoms with van der Waals surface area (Å²) >= 11 is 0. The van der Waals surface area contributed by atoms with E-state index in [0.29, 0.717) is 12.1 Å². The first-order valence-electron chi connectivity index (χ1n) is 8.76. The number of hydrogen-bond acceptors (Lipinski definition) is 4. The van der Waals surface area contributed by atoms with Crippen LogP contribution in [0.1, 0.15) is 59.3 Å². The molecule has 1 unspecified atom stereocenters. The average Bonchev–Trinajstić information content (AvgIpc) is 3.23. The molecule has 1 saturated carbocycles. The lowest BCUT2D eigenvalue weighted by Crippen LogP contribution is -2.40. The van der Waals surface area contributed by atoms with E-state index in [1.807, 2.05) is 25.7 Å². The molecular formula is C17H32N2O3. The first-order chi connectivity index (χ1) is 10.5. The van der Waals surface area contributed by atoms with Gasteiger partial charge in [-0.2, -0.15) is 0 Å². The van der Waals surface area contributed by atoms with Gasteiger partial charge in [-0.1, -0.05) is 0 Å². The summed E-state index contributed by atoms with van der Waals surface area (Å²) in [5.74, 6) is 0. The van der Waals surface area contributed by atoms with E-state index >= 15 is 0 Å². The molecule has 5 heteroatoms. The molecule has 1 atom stereocenters. The van der Waals surface area contributed by atoms with Gasteiger partial charge in [-0.05, 0) is 65.8 Å². The van der Waals surface area contributed by atoms with E-state index in [1.165, 1.54) is 6.42 Å². The maximum absolute atomic E-state index is 12.2. The Morgan fingerprint density at radius 2 is 2.00 bits per heavy atom. The van der Waals surface area contributed by atoms with Crippen LogP contribution in [-0.2, 0) is 9.47 Å². The van der Waals surface area contributed by atoms with Gasteiger partial charge in [-0.15, -0.1) is 0 Å². The second kappa shape index (κ2) is 8.16. The van der Waals surface area contributed by atoms with Crippen LogP contribution in [0.3, 0.4) is 0 Å². The van der Waals surface area contributed by atoms with Crippen LogP contribution in [-0.4, -0.2) is 55.0 Å². The topological polar surface area (TPSA) is 50.8 Å². The quantitative estimate of drug-likeness (QED) is 0.766. The molecule has 1 aliphatic carbocycles. The Bertz CT molecular complexity index is 342. The lowest BCUT2D eigenvalue weighted by molar-refractivity contribution is 0.0231. The van der Waals surface area contributed by atoms with Crippen LogP contribution in [0.5, 0.6) is 0 Å². The van der Waals surface area contributed by atoms with E-state index in [-0.39, 0.29) is 6.09 Å². The molecule has 128 valence electrons. The van der Waals surface area contributed by atoms with Gasteiger partial charge in [0, 0.05) is 31.8 Å². The highest BCUT2D eigenvalue weighted by Crippen LogP contribution is 2.28. The van der Waals surface area contributed by atoms with Gasteiger partial charge in [0.2, 0.25) is 0 Å². The van der Waals surface area contributed by atoms with Crippen molar-refractivity contribution in [3.05, 3.63) is 0 Å². The number of carbonyl (C=O) groups is 1. The zero-order valence-electron chi connectivity index (χ0n) is 14.4. The Labute approximate surface area is 134 Å². The summed E-state index contributed by atoms with van der Waals surface area (Å²) in [6, 6.07) is 0.972. The fourth-order valence-electron chi connectivity index (χ4n) is 2.79. The second-order valence-corrected chi connectivity index (χ2v) is 7.45. The van der Waals surface area contributed by atoms with E-state index in [2.05, 4.69) is 5.32 Å².